The van der Waals surface area contributed by atoms with Crippen molar-refractivity contribution in [2.75, 3.05) is 5.32 Å². The third-order valence-electron chi connectivity index (χ3n) is 5.12. The largest absolute Gasteiger partial charge is 0.419 e. The van der Waals surface area contributed by atoms with E-state index in [2.05, 4.69) is 10.4 Å². The van der Waals surface area contributed by atoms with Crippen molar-refractivity contribution in [1.29, 1.82) is 0 Å². The summed E-state index contributed by atoms with van der Waals surface area (Å²) in [6.07, 6.45) is 3.55. The fraction of sp³-hybridized carbons (Fsp3) is 0.150. The maximum Gasteiger partial charge on any atom is 0.419 e. The first-order chi connectivity index (χ1) is 13.5. The van der Waals surface area contributed by atoms with Gasteiger partial charge in [-0.2, -0.15) is 5.10 Å². The lowest BCUT2D eigenvalue weighted by atomic mass is 9.83. The molecule has 140 valence electrons. The Balaban J connectivity index is 1.76. The monoisotopic (exact) mass is 378 g/mol. The van der Waals surface area contributed by atoms with Gasteiger partial charge in [0.15, 0.2) is 5.58 Å². The van der Waals surface area contributed by atoms with Crippen LogP contribution in [0.15, 0.2) is 58.0 Å². The van der Waals surface area contributed by atoms with Crippen molar-refractivity contribution in [2.24, 2.45) is 7.05 Å². The highest BCUT2D eigenvalue weighted by atomic mass is 19.1. The zero-order valence-electron chi connectivity index (χ0n) is 14.8. The summed E-state index contributed by atoms with van der Waals surface area (Å²) in [5.41, 5.74) is 3.67. The minimum Gasteiger partial charge on any atom is -0.408 e. The molecule has 0 aliphatic carbocycles. The van der Waals surface area contributed by atoms with Crippen LogP contribution in [-0.2, 0) is 11.8 Å². The van der Waals surface area contributed by atoms with Crippen LogP contribution in [0.25, 0.3) is 16.8 Å². The molecule has 0 saturated carbocycles. The van der Waals surface area contributed by atoms with E-state index in [4.69, 9.17) is 4.42 Å². The van der Waals surface area contributed by atoms with Crippen LogP contribution in [0.2, 0.25) is 0 Å². The number of aromatic nitrogens is 3. The average molecular weight is 378 g/mol. The molecule has 1 N–H and O–H groups in total. The van der Waals surface area contributed by atoms with Gasteiger partial charge in [0, 0.05) is 37.5 Å². The number of nitrogens with zero attached hydrogens (tertiary/aromatic N) is 3. The molecule has 1 aliphatic rings. The molecular weight excluding hydrogens is 363 g/mol. The van der Waals surface area contributed by atoms with Gasteiger partial charge in [-0.3, -0.25) is 9.36 Å². The van der Waals surface area contributed by atoms with Gasteiger partial charge in [0.25, 0.3) is 0 Å². The molecule has 8 heteroatoms. The number of carbonyl (C=O) groups is 1. The maximum atomic E-state index is 14.1. The number of halogens is 1. The van der Waals surface area contributed by atoms with Crippen molar-refractivity contribution in [3.63, 3.8) is 0 Å². The predicted molar refractivity (Wildman–Crippen MR) is 100 cm³/mol. The standard InChI is InChI=1S/C20H15FN4O3/c1-24-17-10-15-13(8-18(17)28-20(24)27)12(9-19(26)23-15)14-7-11(21)3-4-16(14)25-6-2-5-22-25/h2-8,10,12H,9H2,1H3,(H,23,26)/t12-/m0/s1. The fourth-order valence-corrected chi connectivity index (χ4v) is 3.78. The molecule has 0 radical (unpaired) electrons. The van der Waals surface area contributed by atoms with Gasteiger partial charge in [0.05, 0.1) is 11.2 Å². The highest BCUT2D eigenvalue weighted by Crippen LogP contribution is 2.41. The van der Waals surface area contributed by atoms with Gasteiger partial charge >= 0.3 is 5.76 Å². The summed E-state index contributed by atoms with van der Waals surface area (Å²) in [4.78, 5) is 24.3. The third kappa shape index (κ3) is 2.45. The van der Waals surface area contributed by atoms with Crippen LogP contribution in [0, 0.1) is 5.82 Å². The molecule has 0 unspecified atom stereocenters. The second kappa shape index (κ2) is 5.91. The summed E-state index contributed by atoms with van der Waals surface area (Å²) in [5.74, 6) is -1.47. The van der Waals surface area contributed by atoms with Crippen LogP contribution in [0.5, 0.6) is 0 Å². The Hall–Kier alpha value is -3.68. The molecule has 28 heavy (non-hydrogen) atoms. The Bertz CT molecular complexity index is 1290. The minimum atomic E-state index is -0.483. The van der Waals surface area contributed by atoms with E-state index < -0.39 is 17.5 Å². The number of rotatable bonds is 2. The Morgan fingerprint density at radius 1 is 1.21 bits per heavy atom. The van der Waals surface area contributed by atoms with Gasteiger partial charge < -0.3 is 9.73 Å². The van der Waals surface area contributed by atoms with Crippen molar-refractivity contribution in [3.05, 3.63) is 76.3 Å². The second-order valence-corrected chi connectivity index (χ2v) is 6.79. The van der Waals surface area contributed by atoms with Gasteiger partial charge in [-0.25, -0.2) is 13.9 Å². The Kier molecular flexibility index (Phi) is 3.48. The number of aryl methyl sites for hydroxylation is 1. The molecular formula is C20H15FN4O3. The fourth-order valence-electron chi connectivity index (χ4n) is 3.78. The minimum absolute atomic E-state index is 0.146. The van der Waals surface area contributed by atoms with Crippen LogP contribution < -0.4 is 11.1 Å². The summed E-state index contributed by atoms with van der Waals surface area (Å²) in [6.45, 7) is 0. The van der Waals surface area contributed by atoms with Crippen LogP contribution >= 0.6 is 0 Å². The maximum absolute atomic E-state index is 14.1. The molecule has 7 nitrogen and oxygen atoms in total. The number of nitrogens with one attached hydrogen (secondary N) is 1. The van der Waals surface area contributed by atoms with E-state index in [0.29, 0.717) is 28.0 Å². The molecule has 1 aliphatic heterocycles. The number of oxazole rings is 1. The molecule has 3 heterocycles. The third-order valence-corrected chi connectivity index (χ3v) is 5.12. The Labute approximate surface area is 158 Å². The first-order valence-corrected chi connectivity index (χ1v) is 8.74. The highest BCUT2D eigenvalue weighted by Gasteiger charge is 2.30. The van der Waals surface area contributed by atoms with E-state index in [1.165, 1.54) is 16.7 Å². The lowest BCUT2D eigenvalue weighted by Gasteiger charge is -2.27. The summed E-state index contributed by atoms with van der Waals surface area (Å²) < 4.78 is 22.5. The number of hydrogen-bond donors (Lipinski definition) is 1. The summed E-state index contributed by atoms with van der Waals surface area (Å²) in [6, 6.07) is 9.67. The first kappa shape index (κ1) is 16.5. The van der Waals surface area contributed by atoms with E-state index in [0.717, 1.165) is 5.56 Å². The summed E-state index contributed by atoms with van der Waals surface area (Å²) in [5, 5.41) is 7.09. The molecule has 5 rings (SSSR count). The van der Waals surface area contributed by atoms with Gasteiger partial charge in [-0.05, 0) is 47.5 Å². The van der Waals surface area contributed by atoms with Gasteiger partial charge in [-0.15, -0.1) is 0 Å². The second-order valence-electron chi connectivity index (χ2n) is 6.79. The number of amides is 1. The average Bonchev–Trinajstić information content (AvgIpc) is 3.29. The molecule has 4 aromatic rings. The van der Waals surface area contributed by atoms with E-state index in [-0.39, 0.29) is 12.3 Å². The summed E-state index contributed by atoms with van der Waals surface area (Å²) >= 11 is 0. The molecule has 1 atom stereocenters. The molecule has 0 fully saturated rings. The lowest BCUT2D eigenvalue weighted by molar-refractivity contribution is -0.116. The molecule has 1 amide bonds. The molecule has 2 aromatic carbocycles. The highest BCUT2D eigenvalue weighted by molar-refractivity contribution is 5.98. The zero-order chi connectivity index (χ0) is 19.4. The Morgan fingerprint density at radius 2 is 2.07 bits per heavy atom. The van der Waals surface area contributed by atoms with Crippen LogP contribution in [0.4, 0.5) is 10.1 Å². The van der Waals surface area contributed by atoms with Crippen molar-refractivity contribution < 1.29 is 13.6 Å². The SMILES string of the molecule is Cn1c(=O)oc2cc3c(cc21)NC(=O)C[C@@H]3c1cc(F)ccc1-n1cccn1. The van der Waals surface area contributed by atoms with Crippen LogP contribution in [-0.4, -0.2) is 20.3 Å². The number of fused-ring (bicyclic) bond motifs is 2. The van der Waals surface area contributed by atoms with Crippen molar-refractivity contribution >= 4 is 22.7 Å². The smallest absolute Gasteiger partial charge is 0.408 e. The number of anilines is 1. The van der Waals surface area contributed by atoms with Crippen molar-refractivity contribution in [2.45, 2.75) is 12.3 Å². The lowest BCUT2D eigenvalue weighted by Crippen LogP contribution is -2.24. The van der Waals surface area contributed by atoms with Gasteiger partial charge in [0.1, 0.15) is 5.82 Å². The molecule has 2 aromatic heterocycles. The van der Waals surface area contributed by atoms with E-state index >= 15 is 0 Å². The summed E-state index contributed by atoms with van der Waals surface area (Å²) in [7, 11) is 1.60. The Morgan fingerprint density at radius 3 is 2.86 bits per heavy atom. The zero-order valence-corrected chi connectivity index (χ0v) is 14.8. The van der Waals surface area contributed by atoms with E-state index in [1.807, 2.05) is 0 Å². The van der Waals surface area contributed by atoms with Crippen molar-refractivity contribution in [1.82, 2.24) is 14.3 Å². The predicted octanol–water partition coefficient (Wildman–Crippen LogP) is 2.93. The van der Waals surface area contributed by atoms with Crippen molar-refractivity contribution in [3.8, 4) is 5.69 Å². The van der Waals surface area contributed by atoms with E-state index in [9.17, 15) is 14.0 Å². The van der Waals surface area contributed by atoms with Gasteiger partial charge in [-0.1, -0.05) is 0 Å². The normalized spacial score (nSPS) is 16.2. The van der Waals surface area contributed by atoms with Crippen LogP contribution in [0.1, 0.15) is 23.5 Å². The molecule has 0 bridgehead atoms. The number of benzene rings is 2. The topological polar surface area (TPSA) is 82.1 Å². The first-order valence-electron chi connectivity index (χ1n) is 8.74. The number of hydrogen-bond acceptors (Lipinski definition) is 4. The molecule has 0 spiro atoms. The molecule has 0 saturated heterocycles. The van der Waals surface area contributed by atoms with Crippen LogP contribution in [0.3, 0.4) is 0 Å². The van der Waals surface area contributed by atoms with Gasteiger partial charge in [0.2, 0.25) is 5.91 Å². The van der Waals surface area contributed by atoms with E-state index in [1.54, 1.807) is 48.4 Å². The number of carbonyl (C=O) groups excluding carboxylic acids is 1. The quantitative estimate of drug-likeness (QED) is 0.581.